The molecule has 5 aromatic rings. The monoisotopic (exact) mass is 482 g/mol. The van der Waals surface area contributed by atoms with Gasteiger partial charge >= 0.3 is 0 Å². The summed E-state index contributed by atoms with van der Waals surface area (Å²) in [6.45, 7) is 1.42. The standard InChI is InChI=1S/C34H30N2O/c37-33-20-21-36(25-28(33)23-26-22-27-12-10-11-19-32(27)35-24-26)34(29-13-4-1-5-14-29,30-15-6-2-7-16-30)31-17-8-3-9-18-31/h1-19,22-24,33,37H,20-21,25H2/b28-23-. The highest BCUT2D eigenvalue weighted by atomic mass is 16.3. The van der Waals surface area contributed by atoms with E-state index >= 15 is 0 Å². The SMILES string of the molecule is OC1CCN(C(c2ccccc2)(c2ccccc2)c2ccccc2)C/C1=C/c1cnc2ccccc2c1. The van der Waals surface area contributed by atoms with Gasteiger partial charge in [0, 0.05) is 24.7 Å². The number of nitrogens with zero attached hydrogens (tertiary/aromatic N) is 2. The number of para-hydroxylation sites is 1. The molecule has 6 rings (SSSR count). The Morgan fingerprint density at radius 3 is 1.86 bits per heavy atom. The quantitative estimate of drug-likeness (QED) is 0.284. The lowest BCUT2D eigenvalue weighted by Crippen LogP contribution is -2.52. The van der Waals surface area contributed by atoms with Crippen LogP contribution < -0.4 is 0 Å². The van der Waals surface area contributed by atoms with Crippen molar-refractivity contribution in [2.75, 3.05) is 13.1 Å². The number of fused-ring (bicyclic) bond motifs is 1. The molecule has 4 aromatic carbocycles. The van der Waals surface area contributed by atoms with Gasteiger partial charge in [0.2, 0.25) is 0 Å². The highest BCUT2D eigenvalue weighted by Crippen LogP contribution is 2.44. The summed E-state index contributed by atoms with van der Waals surface area (Å²) in [7, 11) is 0. The van der Waals surface area contributed by atoms with Gasteiger partial charge in [0.15, 0.2) is 0 Å². The summed E-state index contributed by atoms with van der Waals surface area (Å²) in [6.07, 6.45) is 4.21. The summed E-state index contributed by atoms with van der Waals surface area (Å²) < 4.78 is 0. The van der Waals surface area contributed by atoms with E-state index in [0.29, 0.717) is 13.0 Å². The molecular formula is C34H30N2O. The van der Waals surface area contributed by atoms with E-state index in [4.69, 9.17) is 0 Å². The minimum Gasteiger partial charge on any atom is -0.389 e. The number of aliphatic hydroxyl groups is 1. The Balaban J connectivity index is 1.50. The lowest BCUT2D eigenvalue weighted by molar-refractivity contribution is 0.0872. The van der Waals surface area contributed by atoms with E-state index in [9.17, 15) is 5.11 Å². The maximum absolute atomic E-state index is 11.1. The Morgan fingerprint density at radius 1 is 0.730 bits per heavy atom. The Kier molecular flexibility index (Phi) is 6.40. The molecular weight excluding hydrogens is 452 g/mol. The van der Waals surface area contributed by atoms with Crippen LogP contribution in [-0.4, -0.2) is 34.2 Å². The summed E-state index contributed by atoms with van der Waals surface area (Å²) in [5.41, 5.74) is 6.16. The lowest BCUT2D eigenvalue weighted by Gasteiger charge is -2.48. The second kappa shape index (κ2) is 10.1. The Hall–Kier alpha value is -4.05. The zero-order valence-corrected chi connectivity index (χ0v) is 20.7. The van der Waals surface area contributed by atoms with Crippen LogP contribution in [0.2, 0.25) is 0 Å². The van der Waals surface area contributed by atoms with Crippen molar-refractivity contribution < 1.29 is 5.11 Å². The van der Waals surface area contributed by atoms with Gasteiger partial charge in [-0.15, -0.1) is 0 Å². The molecule has 1 aliphatic rings. The van der Waals surface area contributed by atoms with E-state index in [0.717, 1.165) is 28.6 Å². The third kappa shape index (κ3) is 4.37. The first kappa shape index (κ1) is 23.4. The summed E-state index contributed by atoms with van der Waals surface area (Å²) in [4.78, 5) is 7.17. The fraction of sp³-hybridized carbons (Fsp3) is 0.147. The van der Waals surface area contributed by atoms with Crippen LogP contribution in [-0.2, 0) is 5.54 Å². The average molecular weight is 483 g/mol. The van der Waals surface area contributed by atoms with Crippen LogP contribution in [0, 0.1) is 0 Å². The molecule has 1 unspecified atom stereocenters. The van der Waals surface area contributed by atoms with Crippen LogP contribution in [0.1, 0.15) is 28.7 Å². The zero-order valence-electron chi connectivity index (χ0n) is 20.7. The second-order valence-corrected chi connectivity index (χ2v) is 9.72. The van der Waals surface area contributed by atoms with Crippen molar-refractivity contribution in [2.24, 2.45) is 0 Å². The number of hydrogen-bond acceptors (Lipinski definition) is 3. The van der Waals surface area contributed by atoms with Gasteiger partial charge in [-0.25, -0.2) is 0 Å². The van der Waals surface area contributed by atoms with Crippen LogP contribution >= 0.6 is 0 Å². The molecule has 37 heavy (non-hydrogen) atoms. The van der Waals surface area contributed by atoms with E-state index in [2.05, 4.69) is 119 Å². The fourth-order valence-corrected chi connectivity index (χ4v) is 5.76. The molecule has 1 aliphatic heterocycles. The molecule has 0 bridgehead atoms. The van der Waals surface area contributed by atoms with Crippen molar-refractivity contribution in [1.29, 1.82) is 0 Å². The molecule has 0 spiro atoms. The van der Waals surface area contributed by atoms with E-state index in [1.807, 2.05) is 24.4 Å². The van der Waals surface area contributed by atoms with E-state index in [-0.39, 0.29) is 0 Å². The summed E-state index contributed by atoms with van der Waals surface area (Å²) in [5.74, 6) is 0. The smallest absolute Gasteiger partial charge is 0.0975 e. The number of piperidine rings is 1. The van der Waals surface area contributed by atoms with Crippen molar-refractivity contribution in [3.63, 3.8) is 0 Å². The molecule has 1 saturated heterocycles. The minimum absolute atomic E-state index is 0.484. The van der Waals surface area contributed by atoms with Crippen LogP contribution in [0.4, 0.5) is 0 Å². The van der Waals surface area contributed by atoms with Crippen LogP contribution in [0.25, 0.3) is 17.0 Å². The van der Waals surface area contributed by atoms with Gasteiger partial charge in [0.25, 0.3) is 0 Å². The van der Waals surface area contributed by atoms with Crippen molar-refractivity contribution >= 4 is 17.0 Å². The zero-order chi connectivity index (χ0) is 25.1. The van der Waals surface area contributed by atoms with Crippen molar-refractivity contribution in [3.05, 3.63) is 155 Å². The van der Waals surface area contributed by atoms with Gasteiger partial charge in [-0.1, -0.05) is 115 Å². The first-order chi connectivity index (χ1) is 18.2. The fourth-order valence-electron chi connectivity index (χ4n) is 5.76. The Labute approximate surface area is 218 Å². The number of rotatable bonds is 5. The Bertz CT molecular complexity index is 1420. The number of likely N-dealkylation sites (tertiary alicyclic amines) is 1. The average Bonchev–Trinajstić information content (AvgIpc) is 2.97. The van der Waals surface area contributed by atoms with Gasteiger partial charge in [0.05, 0.1) is 17.2 Å². The first-order valence-electron chi connectivity index (χ1n) is 12.9. The van der Waals surface area contributed by atoms with Crippen molar-refractivity contribution in [2.45, 2.75) is 18.1 Å². The molecule has 0 saturated carbocycles. The van der Waals surface area contributed by atoms with Crippen molar-refractivity contribution in [1.82, 2.24) is 9.88 Å². The van der Waals surface area contributed by atoms with E-state index in [1.54, 1.807) is 0 Å². The number of benzene rings is 4. The van der Waals surface area contributed by atoms with Gasteiger partial charge in [-0.05, 0) is 46.4 Å². The molecule has 0 radical (unpaired) electrons. The third-order valence-electron chi connectivity index (χ3n) is 7.49. The number of pyridine rings is 1. The number of aliphatic hydroxyl groups excluding tert-OH is 1. The third-order valence-corrected chi connectivity index (χ3v) is 7.49. The second-order valence-electron chi connectivity index (χ2n) is 9.72. The lowest BCUT2D eigenvalue weighted by atomic mass is 9.74. The molecule has 1 fully saturated rings. The molecule has 2 heterocycles. The van der Waals surface area contributed by atoms with E-state index < -0.39 is 11.6 Å². The topological polar surface area (TPSA) is 36.4 Å². The molecule has 3 heteroatoms. The summed E-state index contributed by atoms with van der Waals surface area (Å²) in [5, 5.41) is 12.2. The molecule has 182 valence electrons. The highest BCUT2D eigenvalue weighted by molar-refractivity contribution is 5.80. The maximum atomic E-state index is 11.1. The Morgan fingerprint density at radius 2 is 1.27 bits per heavy atom. The molecule has 1 N–H and O–H groups in total. The van der Waals surface area contributed by atoms with Crippen molar-refractivity contribution in [3.8, 4) is 0 Å². The van der Waals surface area contributed by atoms with Gasteiger partial charge < -0.3 is 5.11 Å². The highest BCUT2D eigenvalue weighted by Gasteiger charge is 2.44. The van der Waals surface area contributed by atoms with Gasteiger partial charge in [0.1, 0.15) is 0 Å². The molecule has 3 nitrogen and oxygen atoms in total. The van der Waals surface area contributed by atoms with Gasteiger partial charge in [-0.2, -0.15) is 0 Å². The molecule has 0 amide bonds. The maximum Gasteiger partial charge on any atom is 0.0975 e. The minimum atomic E-state index is -0.495. The first-order valence-corrected chi connectivity index (χ1v) is 12.9. The molecule has 1 aromatic heterocycles. The van der Waals surface area contributed by atoms with Crippen LogP contribution in [0.15, 0.2) is 133 Å². The summed E-state index contributed by atoms with van der Waals surface area (Å²) in [6, 6.07) is 42.6. The predicted molar refractivity (Wildman–Crippen MR) is 151 cm³/mol. The van der Waals surface area contributed by atoms with Crippen LogP contribution in [0.3, 0.4) is 0 Å². The molecule has 0 aliphatic carbocycles. The van der Waals surface area contributed by atoms with Crippen LogP contribution in [0.5, 0.6) is 0 Å². The number of hydrogen-bond donors (Lipinski definition) is 1. The molecule has 1 atom stereocenters. The van der Waals surface area contributed by atoms with E-state index in [1.165, 1.54) is 16.7 Å². The number of aromatic nitrogens is 1. The van der Waals surface area contributed by atoms with Gasteiger partial charge in [-0.3, -0.25) is 9.88 Å². The summed E-state index contributed by atoms with van der Waals surface area (Å²) >= 11 is 0. The predicted octanol–water partition coefficient (Wildman–Crippen LogP) is 6.68. The normalized spacial score (nSPS) is 17.8. The largest absolute Gasteiger partial charge is 0.389 e.